The molecule has 0 aliphatic heterocycles. The lowest BCUT2D eigenvalue weighted by atomic mass is 10.4. The van der Waals surface area contributed by atoms with Gasteiger partial charge in [0.05, 0.1) is 10.1 Å². The summed E-state index contributed by atoms with van der Waals surface area (Å²) in [5.74, 6) is 2.07. The van der Waals surface area contributed by atoms with Gasteiger partial charge in [0.25, 0.3) is 0 Å². The third-order valence-electron chi connectivity index (χ3n) is 3.03. The van der Waals surface area contributed by atoms with Crippen LogP contribution in [-0.2, 0) is 6.54 Å². The molecular weight excluding hydrogens is 318 g/mol. The Morgan fingerprint density at radius 3 is 3.09 bits per heavy atom. The second-order valence-corrected chi connectivity index (χ2v) is 6.88. The van der Waals surface area contributed by atoms with Crippen molar-refractivity contribution in [1.29, 1.82) is 0 Å². The van der Waals surface area contributed by atoms with E-state index < -0.39 is 0 Å². The Labute approximate surface area is 136 Å². The Hall–Kier alpha value is -1.93. The first-order valence-electron chi connectivity index (χ1n) is 6.74. The Kier molecular flexibility index (Phi) is 4.39. The van der Waals surface area contributed by atoms with Gasteiger partial charge in [0.1, 0.15) is 5.82 Å². The van der Waals surface area contributed by atoms with E-state index >= 15 is 0 Å². The van der Waals surface area contributed by atoms with Crippen molar-refractivity contribution in [2.45, 2.75) is 30.8 Å². The van der Waals surface area contributed by atoms with E-state index in [1.165, 1.54) is 0 Å². The first-order chi connectivity index (χ1) is 10.7. The maximum absolute atomic E-state index is 5.38. The van der Waals surface area contributed by atoms with Crippen LogP contribution in [0.4, 0.5) is 0 Å². The molecule has 0 aliphatic carbocycles. The quantitative estimate of drug-likeness (QED) is 0.505. The average Bonchev–Trinajstić information content (AvgIpc) is 3.22. The van der Waals surface area contributed by atoms with Gasteiger partial charge in [0, 0.05) is 6.54 Å². The highest BCUT2D eigenvalue weighted by Crippen LogP contribution is 2.34. The number of aryl methyl sites for hydroxylation is 1. The van der Waals surface area contributed by atoms with Crippen LogP contribution in [-0.4, -0.2) is 24.9 Å². The summed E-state index contributed by atoms with van der Waals surface area (Å²) in [6, 6.07) is 3.94. The SMILES string of the molecule is C=CCn1c(C)nnc1S[C@@H](C)c1nc(-c2cccs2)no1. The fourth-order valence-electron chi connectivity index (χ4n) is 1.90. The predicted octanol–water partition coefficient (Wildman–Crippen LogP) is 3.74. The number of hydrogen-bond donors (Lipinski definition) is 0. The average molecular weight is 333 g/mol. The minimum Gasteiger partial charge on any atom is -0.338 e. The molecular formula is C14H15N5OS2. The van der Waals surface area contributed by atoms with Crippen molar-refractivity contribution >= 4 is 23.1 Å². The van der Waals surface area contributed by atoms with Gasteiger partial charge in [0.2, 0.25) is 11.7 Å². The third-order valence-corrected chi connectivity index (χ3v) is 4.96. The monoisotopic (exact) mass is 333 g/mol. The van der Waals surface area contributed by atoms with Crippen LogP contribution in [0.2, 0.25) is 0 Å². The summed E-state index contributed by atoms with van der Waals surface area (Å²) < 4.78 is 7.38. The highest BCUT2D eigenvalue weighted by Gasteiger charge is 2.20. The second kappa shape index (κ2) is 6.45. The standard InChI is InChI=1S/C14H15N5OS2/c1-4-7-19-10(3)16-17-14(19)22-9(2)13-15-12(18-20-13)11-6-5-8-21-11/h4-6,8-9H,1,7H2,2-3H3/t9-/m0/s1. The van der Waals surface area contributed by atoms with E-state index in [2.05, 4.69) is 26.9 Å². The molecule has 0 saturated heterocycles. The molecule has 8 heteroatoms. The molecule has 0 radical (unpaired) electrons. The van der Waals surface area contributed by atoms with Gasteiger partial charge >= 0.3 is 0 Å². The Morgan fingerprint density at radius 2 is 2.36 bits per heavy atom. The van der Waals surface area contributed by atoms with E-state index in [-0.39, 0.29) is 5.25 Å². The molecule has 0 fully saturated rings. The van der Waals surface area contributed by atoms with Crippen molar-refractivity contribution < 1.29 is 4.52 Å². The number of aromatic nitrogens is 5. The predicted molar refractivity (Wildman–Crippen MR) is 86.8 cm³/mol. The molecule has 0 spiro atoms. The Balaban J connectivity index is 1.77. The molecule has 0 bridgehead atoms. The van der Waals surface area contributed by atoms with E-state index in [4.69, 9.17) is 4.52 Å². The lowest BCUT2D eigenvalue weighted by Crippen LogP contribution is -2.01. The second-order valence-electron chi connectivity index (χ2n) is 4.62. The number of hydrogen-bond acceptors (Lipinski definition) is 7. The van der Waals surface area contributed by atoms with Crippen LogP contribution >= 0.6 is 23.1 Å². The molecule has 0 amide bonds. The number of nitrogens with zero attached hydrogens (tertiary/aromatic N) is 5. The van der Waals surface area contributed by atoms with Crippen molar-refractivity contribution in [2.24, 2.45) is 0 Å². The van der Waals surface area contributed by atoms with Crippen molar-refractivity contribution in [3.8, 4) is 10.7 Å². The van der Waals surface area contributed by atoms with Gasteiger partial charge in [-0.15, -0.1) is 28.1 Å². The number of rotatable bonds is 6. The summed E-state index contributed by atoms with van der Waals surface area (Å²) in [6.07, 6.45) is 1.83. The largest absolute Gasteiger partial charge is 0.338 e. The minimum absolute atomic E-state index is 0.00613. The highest BCUT2D eigenvalue weighted by molar-refractivity contribution is 7.99. The van der Waals surface area contributed by atoms with E-state index in [0.29, 0.717) is 18.3 Å². The molecule has 0 saturated carbocycles. The van der Waals surface area contributed by atoms with Gasteiger partial charge < -0.3 is 9.09 Å². The zero-order valence-electron chi connectivity index (χ0n) is 12.3. The molecule has 3 aromatic rings. The van der Waals surface area contributed by atoms with Gasteiger partial charge in [-0.2, -0.15) is 4.98 Å². The maximum atomic E-state index is 5.38. The third kappa shape index (κ3) is 2.97. The van der Waals surface area contributed by atoms with Crippen LogP contribution in [0.25, 0.3) is 10.7 Å². The summed E-state index contributed by atoms with van der Waals surface area (Å²) in [4.78, 5) is 5.46. The van der Waals surface area contributed by atoms with Crippen molar-refractivity contribution in [3.05, 3.63) is 41.9 Å². The fourth-order valence-corrected chi connectivity index (χ4v) is 3.49. The molecule has 0 aliphatic rings. The summed E-state index contributed by atoms with van der Waals surface area (Å²) in [5.41, 5.74) is 0. The zero-order chi connectivity index (χ0) is 15.5. The molecule has 22 heavy (non-hydrogen) atoms. The normalized spacial score (nSPS) is 12.5. The summed E-state index contributed by atoms with van der Waals surface area (Å²) in [5, 5.41) is 15.1. The molecule has 0 N–H and O–H groups in total. The molecule has 114 valence electrons. The van der Waals surface area contributed by atoms with Crippen LogP contribution in [0.5, 0.6) is 0 Å². The first-order valence-corrected chi connectivity index (χ1v) is 8.49. The van der Waals surface area contributed by atoms with E-state index in [1.807, 2.05) is 42.0 Å². The first kappa shape index (κ1) is 15.0. The van der Waals surface area contributed by atoms with Crippen LogP contribution in [0.15, 0.2) is 39.8 Å². The highest BCUT2D eigenvalue weighted by atomic mass is 32.2. The lowest BCUT2D eigenvalue weighted by molar-refractivity contribution is 0.380. The molecule has 3 aromatic heterocycles. The van der Waals surface area contributed by atoms with Gasteiger partial charge in [-0.05, 0) is 25.3 Å². The van der Waals surface area contributed by atoms with Crippen molar-refractivity contribution in [3.63, 3.8) is 0 Å². The number of thiophene rings is 1. The number of allylic oxidation sites excluding steroid dienone is 1. The van der Waals surface area contributed by atoms with Gasteiger partial charge in [-0.3, -0.25) is 0 Å². The number of thioether (sulfide) groups is 1. The van der Waals surface area contributed by atoms with Crippen LogP contribution in [0, 0.1) is 6.92 Å². The minimum atomic E-state index is -0.00613. The summed E-state index contributed by atoms with van der Waals surface area (Å²) in [7, 11) is 0. The lowest BCUT2D eigenvalue weighted by Gasteiger charge is -2.07. The smallest absolute Gasteiger partial charge is 0.240 e. The van der Waals surface area contributed by atoms with Gasteiger partial charge in [0.15, 0.2) is 5.16 Å². The van der Waals surface area contributed by atoms with Crippen molar-refractivity contribution in [2.75, 3.05) is 0 Å². The van der Waals surface area contributed by atoms with E-state index in [0.717, 1.165) is 15.9 Å². The Morgan fingerprint density at radius 1 is 1.50 bits per heavy atom. The van der Waals surface area contributed by atoms with Gasteiger partial charge in [-0.1, -0.05) is 29.1 Å². The topological polar surface area (TPSA) is 69.6 Å². The summed E-state index contributed by atoms with van der Waals surface area (Å²) >= 11 is 3.13. The van der Waals surface area contributed by atoms with E-state index in [9.17, 15) is 0 Å². The molecule has 1 atom stereocenters. The maximum Gasteiger partial charge on any atom is 0.240 e. The molecule has 0 aromatic carbocycles. The Bertz CT molecular complexity index is 762. The zero-order valence-corrected chi connectivity index (χ0v) is 13.9. The molecule has 0 unspecified atom stereocenters. The van der Waals surface area contributed by atoms with Crippen LogP contribution < -0.4 is 0 Å². The molecule has 3 heterocycles. The van der Waals surface area contributed by atoms with Gasteiger partial charge in [-0.25, -0.2) is 0 Å². The fraction of sp³-hybridized carbons (Fsp3) is 0.286. The summed E-state index contributed by atoms with van der Waals surface area (Å²) in [6.45, 7) is 8.38. The van der Waals surface area contributed by atoms with Crippen LogP contribution in [0.3, 0.4) is 0 Å². The van der Waals surface area contributed by atoms with E-state index in [1.54, 1.807) is 23.1 Å². The molecule has 6 nitrogen and oxygen atoms in total. The van der Waals surface area contributed by atoms with Crippen molar-refractivity contribution in [1.82, 2.24) is 24.9 Å². The van der Waals surface area contributed by atoms with Crippen LogP contribution in [0.1, 0.15) is 23.9 Å². The molecule has 3 rings (SSSR count).